The molecule has 0 aromatic heterocycles. The lowest BCUT2D eigenvalue weighted by Crippen LogP contribution is -2.02. The third kappa shape index (κ3) is 2.19. The van der Waals surface area contributed by atoms with Gasteiger partial charge in [0, 0.05) is 0 Å². The van der Waals surface area contributed by atoms with Crippen molar-refractivity contribution in [1.29, 1.82) is 0 Å². The molecule has 0 bridgehead atoms. The highest BCUT2D eigenvalue weighted by atomic mass is 16.3. The summed E-state index contributed by atoms with van der Waals surface area (Å²) in [6, 6.07) is 5.85. The Labute approximate surface area is 97.1 Å². The molecule has 1 aromatic carbocycles. The Morgan fingerprint density at radius 3 is 2.81 bits per heavy atom. The molecule has 1 heteroatoms. The molecule has 0 spiro atoms. The van der Waals surface area contributed by atoms with E-state index in [-0.39, 0.29) is 0 Å². The Morgan fingerprint density at radius 1 is 1.44 bits per heavy atom. The van der Waals surface area contributed by atoms with E-state index >= 15 is 0 Å². The van der Waals surface area contributed by atoms with Gasteiger partial charge in [-0.2, -0.15) is 0 Å². The largest absolute Gasteiger partial charge is 0.508 e. The zero-order chi connectivity index (χ0) is 11.5. The van der Waals surface area contributed by atoms with Crippen LogP contribution in [-0.4, -0.2) is 5.11 Å². The van der Waals surface area contributed by atoms with E-state index in [1.54, 1.807) is 6.07 Å². The number of hydrogen-bond donors (Lipinski definition) is 1. The number of aromatic hydroxyl groups is 1. The first kappa shape index (κ1) is 11.0. The fraction of sp³-hybridized carbons (Fsp3) is 0.333. The lowest BCUT2D eigenvalue weighted by atomic mass is 9.86. The van der Waals surface area contributed by atoms with Gasteiger partial charge in [0.2, 0.25) is 0 Å². The monoisotopic (exact) mass is 214 g/mol. The number of aryl methyl sites for hydroxylation is 1. The van der Waals surface area contributed by atoms with Gasteiger partial charge in [-0.3, -0.25) is 0 Å². The molecule has 1 aliphatic rings. The third-order valence-corrected chi connectivity index (χ3v) is 3.35. The number of phenolic OH excluding ortho intramolecular Hbond substituents is 1. The van der Waals surface area contributed by atoms with E-state index < -0.39 is 0 Å². The molecule has 0 saturated carbocycles. The molecule has 0 fully saturated rings. The van der Waals surface area contributed by atoms with Crippen molar-refractivity contribution in [2.75, 3.05) is 0 Å². The lowest BCUT2D eigenvalue weighted by molar-refractivity contribution is 0.471. The highest BCUT2D eigenvalue weighted by Gasteiger charge is 2.13. The number of benzene rings is 1. The first-order valence-electron chi connectivity index (χ1n) is 5.82. The summed E-state index contributed by atoms with van der Waals surface area (Å²) in [4.78, 5) is 0. The number of rotatable bonds is 2. The Bertz CT molecular complexity index is 429. The van der Waals surface area contributed by atoms with E-state index in [4.69, 9.17) is 0 Å². The zero-order valence-electron chi connectivity index (χ0n) is 9.74. The molecule has 0 amide bonds. The van der Waals surface area contributed by atoms with Crippen LogP contribution in [0.25, 0.3) is 5.57 Å². The summed E-state index contributed by atoms with van der Waals surface area (Å²) in [5.74, 6) is 1.02. The molecular weight excluding hydrogens is 196 g/mol. The molecule has 0 saturated heterocycles. The number of phenols is 1. The Morgan fingerprint density at radius 2 is 2.25 bits per heavy atom. The van der Waals surface area contributed by atoms with Gasteiger partial charge >= 0.3 is 0 Å². The molecule has 1 N–H and O–H groups in total. The van der Waals surface area contributed by atoms with Crippen LogP contribution in [0.1, 0.15) is 30.4 Å². The average molecular weight is 214 g/mol. The molecule has 1 unspecified atom stereocenters. The van der Waals surface area contributed by atoms with Crippen LogP contribution in [-0.2, 0) is 0 Å². The SMILES string of the molecule is C=CC1CC=C(c2ccc(O)c(C)c2)CC1. The predicted octanol–water partition coefficient (Wildman–Crippen LogP) is 4.07. The van der Waals surface area contributed by atoms with Crippen LogP contribution in [0, 0.1) is 12.8 Å². The van der Waals surface area contributed by atoms with E-state index in [1.807, 2.05) is 13.0 Å². The molecule has 0 heterocycles. The van der Waals surface area contributed by atoms with Crippen LogP contribution >= 0.6 is 0 Å². The van der Waals surface area contributed by atoms with Crippen molar-refractivity contribution in [1.82, 2.24) is 0 Å². The van der Waals surface area contributed by atoms with Crippen LogP contribution in [0.5, 0.6) is 5.75 Å². The summed E-state index contributed by atoms with van der Waals surface area (Å²) in [5, 5.41) is 9.49. The van der Waals surface area contributed by atoms with E-state index in [0.717, 1.165) is 18.4 Å². The summed E-state index contributed by atoms with van der Waals surface area (Å²) < 4.78 is 0. The quantitative estimate of drug-likeness (QED) is 0.736. The maximum Gasteiger partial charge on any atom is 0.118 e. The molecule has 2 rings (SSSR count). The van der Waals surface area contributed by atoms with Crippen molar-refractivity contribution < 1.29 is 5.11 Å². The van der Waals surface area contributed by atoms with Gasteiger partial charge in [-0.05, 0) is 60.9 Å². The fourth-order valence-corrected chi connectivity index (χ4v) is 2.19. The molecule has 1 aromatic rings. The average Bonchev–Trinajstić information content (AvgIpc) is 2.33. The van der Waals surface area contributed by atoms with Crippen LogP contribution in [0.3, 0.4) is 0 Å². The molecule has 0 aliphatic heterocycles. The molecule has 84 valence electrons. The summed E-state index contributed by atoms with van der Waals surface area (Å²) in [6.45, 7) is 5.78. The minimum atomic E-state index is 0.379. The molecule has 1 nitrogen and oxygen atoms in total. The maximum absolute atomic E-state index is 9.49. The van der Waals surface area contributed by atoms with Crippen molar-refractivity contribution in [3.63, 3.8) is 0 Å². The van der Waals surface area contributed by atoms with Gasteiger partial charge in [-0.1, -0.05) is 18.2 Å². The Kier molecular flexibility index (Phi) is 3.14. The summed E-state index contributed by atoms with van der Waals surface area (Å²) in [7, 11) is 0. The topological polar surface area (TPSA) is 20.2 Å². The highest BCUT2D eigenvalue weighted by molar-refractivity contribution is 5.67. The second kappa shape index (κ2) is 4.56. The molecule has 0 radical (unpaired) electrons. The molecule has 1 aliphatic carbocycles. The van der Waals surface area contributed by atoms with Crippen molar-refractivity contribution in [3.05, 3.63) is 48.1 Å². The summed E-state index contributed by atoms with van der Waals surface area (Å²) in [5.41, 5.74) is 3.60. The van der Waals surface area contributed by atoms with Crippen molar-refractivity contribution in [2.45, 2.75) is 26.2 Å². The van der Waals surface area contributed by atoms with E-state index in [1.165, 1.54) is 17.6 Å². The normalized spacial score (nSPS) is 20.3. The van der Waals surface area contributed by atoms with Gasteiger partial charge < -0.3 is 5.11 Å². The molecule has 16 heavy (non-hydrogen) atoms. The fourth-order valence-electron chi connectivity index (χ4n) is 2.19. The number of hydrogen-bond acceptors (Lipinski definition) is 1. The van der Waals surface area contributed by atoms with Crippen LogP contribution < -0.4 is 0 Å². The minimum absolute atomic E-state index is 0.379. The second-order valence-corrected chi connectivity index (χ2v) is 4.50. The third-order valence-electron chi connectivity index (χ3n) is 3.35. The minimum Gasteiger partial charge on any atom is -0.508 e. The van der Waals surface area contributed by atoms with Crippen LogP contribution in [0.4, 0.5) is 0 Å². The maximum atomic E-state index is 9.49. The molecule has 1 atom stereocenters. The van der Waals surface area contributed by atoms with Gasteiger partial charge in [-0.25, -0.2) is 0 Å². The van der Waals surface area contributed by atoms with Gasteiger partial charge in [-0.15, -0.1) is 6.58 Å². The standard InChI is InChI=1S/C15H18O/c1-3-12-4-6-13(7-5-12)14-8-9-15(16)11(2)10-14/h3,6,8-10,12,16H,1,4-5,7H2,2H3. The summed E-state index contributed by atoms with van der Waals surface area (Å²) >= 11 is 0. The highest BCUT2D eigenvalue weighted by Crippen LogP contribution is 2.32. The van der Waals surface area contributed by atoms with Gasteiger partial charge in [0.1, 0.15) is 5.75 Å². The van der Waals surface area contributed by atoms with Gasteiger partial charge in [0.05, 0.1) is 0 Å². The molecular formula is C15H18O. The second-order valence-electron chi connectivity index (χ2n) is 4.50. The first-order valence-corrected chi connectivity index (χ1v) is 5.82. The smallest absolute Gasteiger partial charge is 0.118 e. The van der Waals surface area contributed by atoms with Gasteiger partial charge in [0.15, 0.2) is 0 Å². The van der Waals surface area contributed by atoms with E-state index in [0.29, 0.717) is 11.7 Å². The first-order chi connectivity index (χ1) is 7.70. The number of allylic oxidation sites excluding steroid dienone is 3. The predicted molar refractivity (Wildman–Crippen MR) is 68.4 cm³/mol. The van der Waals surface area contributed by atoms with Crippen molar-refractivity contribution in [2.24, 2.45) is 5.92 Å². The Hall–Kier alpha value is -1.50. The van der Waals surface area contributed by atoms with Crippen LogP contribution in [0.2, 0.25) is 0 Å². The van der Waals surface area contributed by atoms with Crippen LogP contribution in [0.15, 0.2) is 36.9 Å². The van der Waals surface area contributed by atoms with E-state index in [2.05, 4.69) is 24.8 Å². The zero-order valence-corrected chi connectivity index (χ0v) is 9.74. The van der Waals surface area contributed by atoms with Crippen molar-refractivity contribution >= 4 is 5.57 Å². The van der Waals surface area contributed by atoms with Crippen molar-refractivity contribution in [3.8, 4) is 5.75 Å². The van der Waals surface area contributed by atoms with Gasteiger partial charge in [0.25, 0.3) is 0 Å². The Balaban J connectivity index is 2.22. The summed E-state index contributed by atoms with van der Waals surface area (Å²) in [6.07, 6.45) is 7.76. The van der Waals surface area contributed by atoms with E-state index in [9.17, 15) is 5.11 Å². The lowest BCUT2D eigenvalue weighted by Gasteiger charge is -2.19.